The zero-order valence-electron chi connectivity index (χ0n) is 11.2. The molecule has 0 bridgehead atoms. The molecular weight excluding hydrogens is 278 g/mol. The van der Waals surface area contributed by atoms with Crippen LogP contribution in [0.25, 0.3) is 0 Å². The van der Waals surface area contributed by atoms with Crippen LogP contribution in [0.2, 0.25) is 0 Å². The highest BCUT2D eigenvalue weighted by molar-refractivity contribution is 8.00. The van der Waals surface area contributed by atoms with Crippen LogP contribution in [-0.4, -0.2) is 34.9 Å². The number of rotatable bonds is 6. The molecule has 0 aliphatic heterocycles. The third kappa shape index (κ3) is 3.03. The van der Waals surface area contributed by atoms with Gasteiger partial charge in [-0.25, -0.2) is 4.79 Å². The first-order valence-electron chi connectivity index (χ1n) is 6.31. The number of nitrogens with one attached hydrogen (secondary N) is 1. The summed E-state index contributed by atoms with van der Waals surface area (Å²) in [6.45, 7) is 0.840. The van der Waals surface area contributed by atoms with Crippen molar-refractivity contribution in [3.05, 3.63) is 23.8 Å². The van der Waals surface area contributed by atoms with Gasteiger partial charge >= 0.3 is 5.97 Å². The molecular formula is C14H19NO2S2. The van der Waals surface area contributed by atoms with Gasteiger partial charge in [-0.2, -0.15) is 11.8 Å². The standard InChI is InChI=1S/C14H19NO2S2/c1-18-11-6-3-5-10(12(11)13(16)17)15-9-14(19-2)7-4-8-14/h3,5-6,15H,4,7-9H2,1-2H3,(H,16,17). The molecule has 19 heavy (non-hydrogen) atoms. The number of aromatic carboxylic acids is 1. The van der Waals surface area contributed by atoms with Crippen LogP contribution in [0.15, 0.2) is 23.1 Å². The van der Waals surface area contributed by atoms with Gasteiger partial charge in [0.2, 0.25) is 0 Å². The fourth-order valence-corrected chi connectivity index (χ4v) is 3.88. The summed E-state index contributed by atoms with van der Waals surface area (Å²) in [5.41, 5.74) is 1.13. The summed E-state index contributed by atoms with van der Waals surface area (Å²) in [4.78, 5) is 12.2. The lowest BCUT2D eigenvalue weighted by atomic mass is 9.84. The minimum atomic E-state index is -0.862. The molecule has 0 unspecified atom stereocenters. The van der Waals surface area contributed by atoms with E-state index >= 15 is 0 Å². The molecule has 0 atom stereocenters. The highest BCUT2D eigenvalue weighted by atomic mass is 32.2. The molecule has 1 aliphatic rings. The fraction of sp³-hybridized carbons (Fsp3) is 0.500. The van der Waals surface area contributed by atoms with Crippen LogP contribution < -0.4 is 5.32 Å². The third-order valence-corrected chi connectivity index (χ3v) is 5.96. The van der Waals surface area contributed by atoms with Gasteiger partial charge in [0.15, 0.2) is 0 Å². The first kappa shape index (κ1) is 14.6. The lowest BCUT2D eigenvalue weighted by Crippen LogP contribution is -2.40. The maximum absolute atomic E-state index is 11.4. The average molecular weight is 297 g/mol. The molecule has 1 saturated carbocycles. The Morgan fingerprint density at radius 3 is 2.63 bits per heavy atom. The SMILES string of the molecule is CSc1cccc(NCC2(SC)CCC2)c1C(=O)O. The molecule has 2 rings (SSSR count). The summed E-state index contributed by atoms with van der Waals surface area (Å²) >= 11 is 3.36. The average Bonchev–Trinajstić information content (AvgIpc) is 2.37. The molecule has 0 heterocycles. The third-order valence-electron chi connectivity index (χ3n) is 3.76. The van der Waals surface area contributed by atoms with Crippen LogP contribution in [0.1, 0.15) is 29.6 Å². The quantitative estimate of drug-likeness (QED) is 0.782. The summed E-state index contributed by atoms with van der Waals surface area (Å²) in [6.07, 6.45) is 7.74. The highest BCUT2D eigenvalue weighted by Crippen LogP contribution is 2.43. The summed E-state index contributed by atoms with van der Waals surface area (Å²) in [7, 11) is 0. The zero-order valence-corrected chi connectivity index (χ0v) is 12.9. The number of hydrogen-bond acceptors (Lipinski definition) is 4. The van der Waals surface area contributed by atoms with E-state index in [4.69, 9.17) is 0 Å². The number of anilines is 1. The van der Waals surface area contributed by atoms with Crippen molar-refractivity contribution in [3.63, 3.8) is 0 Å². The predicted octanol–water partition coefficient (Wildman–Crippen LogP) is 3.80. The van der Waals surface area contributed by atoms with Crippen molar-refractivity contribution in [1.29, 1.82) is 0 Å². The van der Waals surface area contributed by atoms with Gasteiger partial charge in [-0.05, 0) is 37.5 Å². The second kappa shape index (κ2) is 6.09. The normalized spacial score (nSPS) is 16.7. The van der Waals surface area contributed by atoms with E-state index in [1.807, 2.05) is 36.2 Å². The van der Waals surface area contributed by atoms with E-state index in [-0.39, 0.29) is 0 Å². The molecule has 1 aliphatic carbocycles. The molecule has 0 radical (unpaired) electrons. The highest BCUT2D eigenvalue weighted by Gasteiger charge is 2.36. The molecule has 3 nitrogen and oxygen atoms in total. The van der Waals surface area contributed by atoms with Crippen LogP contribution in [0.4, 0.5) is 5.69 Å². The molecule has 104 valence electrons. The molecule has 1 aromatic rings. The van der Waals surface area contributed by atoms with E-state index in [1.54, 1.807) is 0 Å². The Kier molecular flexibility index (Phi) is 4.68. The van der Waals surface area contributed by atoms with Crippen LogP contribution in [0.5, 0.6) is 0 Å². The van der Waals surface area contributed by atoms with Gasteiger partial charge in [-0.15, -0.1) is 11.8 Å². The van der Waals surface area contributed by atoms with Gasteiger partial charge in [-0.1, -0.05) is 12.5 Å². The monoisotopic (exact) mass is 297 g/mol. The molecule has 0 amide bonds. The van der Waals surface area contributed by atoms with Gasteiger partial charge < -0.3 is 10.4 Å². The second-order valence-electron chi connectivity index (χ2n) is 4.78. The molecule has 0 aromatic heterocycles. The van der Waals surface area contributed by atoms with Gasteiger partial charge in [0.05, 0.1) is 5.56 Å². The van der Waals surface area contributed by atoms with E-state index in [9.17, 15) is 9.90 Å². The van der Waals surface area contributed by atoms with E-state index < -0.39 is 5.97 Å². The second-order valence-corrected chi connectivity index (χ2v) is 6.90. The number of hydrogen-bond donors (Lipinski definition) is 2. The van der Waals surface area contributed by atoms with Crippen LogP contribution >= 0.6 is 23.5 Å². The van der Waals surface area contributed by atoms with Gasteiger partial charge in [0.25, 0.3) is 0 Å². The Morgan fingerprint density at radius 1 is 1.42 bits per heavy atom. The lowest BCUT2D eigenvalue weighted by Gasteiger charge is -2.40. The topological polar surface area (TPSA) is 49.3 Å². The van der Waals surface area contributed by atoms with Crippen molar-refractivity contribution in [2.24, 2.45) is 0 Å². The molecule has 5 heteroatoms. The van der Waals surface area contributed by atoms with Gasteiger partial charge in [0.1, 0.15) is 0 Å². The van der Waals surface area contributed by atoms with E-state index in [0.717, 1.165) is 17.1 Å². The van der Waals surface area contributed by atoms with Crippen molar-refractivity contribution in [1.82, 2.24) is 0 Å². The predicted molar refractivity (Wildman–Crippen MR) is 83.8 cm³/mol. The first-order chi connectivity index (χ1) is 9.12. The van der Waals surface area contributed by atoms with Crippen LogP contribution in [-0.2, 0) is 0 Å². The number of carboxylic acid groups (broad SMARTS) is 1. The van der Waals surface area contributed by atoms with Crippen molar-refractivity contribution in [3.8, 4) is 0 Å². The molecule has 1 aromatic carbocycles. The van der Waals surface area contributed by atoms with Crippen LogP contribution in [0.3, 0.4) is 0 Å². The minimum Gasteiger partial charge on any atom is -0.478 e. The number of benzene rings is 1. The van der Waals surface area contributed by atoms with E-state index in [0.29, 0.717) is 10.3 Å². The Morgan fingerprint density at radius 2 is 2.16 bits per heavy atom. The summed E-state index contributed by atoms with van der Waals surface area (Å²) in [5, 5.41) is 12.7. The molecule has 0 saturated heterocycles. The Labute approximate surface area is 122 Å². The zero-order chi connectivity index (χ0) is 13.9. The fourth-order valence-electron chi connectivity index (χ4n) is 2.35. The van der Waals surface area contributed by atoms with Crippen molar-refractivity contribution in [2.75, 3.05) is 24.4 Å². The number of carbonyl (C=O) groups is 1. The molecule has 1 fully saturated rings. The lowest BCUT2D eigenvalue weighted by molar-refractivity contribution is 0.0694. The van der Waals surface area contributed by atoms with E-state index in [2.05, 4.69) is 11.6 Å². The first-order valence-corrected chi connectivity index (χ1v) is 8.76. The van der Waals surface area contributed by atoms with Crippen molar-refractivity contribution in [2.45, 2.75) is 28.9 Å². The minimum absolute atomic E-state index is 0.297. The Bertz CT molecular complexity index is 467. The smallest absolute Gasteiger partial charge is 0.338 e. The van der Waals surface area contributed by atoms with Gasteiger partial charge in [-0.3, -0.25) is 0 Å². The maximum Gasteiger partial charge on any atom is 0.338 e. The number of carboxylic acids is 1. The van der Waals surface area contributed by atoms with E-state index in [1.165, 1.54) is 31.0 Å². The summed E-state index contributed by atoms with van der Waals surface area (Å²) < 4.78 is 0.297. The largest absolute Gasteiger partial charge is 0.478 e. The Balaban J connectivity index is 2.18. The Hall–Kier alpha value is -0.810. The van der Waals surface area contributed by atoms with Crippen LogP contribution in [0, 0.1) is 0 Å². The summed E-state index contributed by atoms with van der Waals surface area (Å²) in [6, 6.07) is 5.62. The van der Waals surface area contributed by atoms with Crippen molar-refractivity contribution >= 4 is 35.2 Å². The van der Waals surface area contributed by atoms with Gasteiger partial charge in [0, 0.05) is 21.9 Å². The molecule has 2 N–H and O–H groups in total. The maximum atomic E-state index is 11.4. The number of thioether (sulfide) groups is 2. The summed E-state index contributed by atoms with van der Waals surface area (Å²) in [5.74, 6) is -0.862. The van der Waals surface area contributed by atoms with Crippen molar-refractivity contribution < 1.29 is 9.90 Å². The molecule has 0 spiro atoms.